The normalized spacial score (nSPS) is 12.1. The van der Waals surface area contributed by atoms with Gasteiger partial charge in [-0.1, -0.05) is 30.3 Å². The molecule has 0 atom stereocenters. The van der Waals surface area contributed by atoms with Gasteiger partial charge in [0, 0.05) is 19.0 Å². The third kappa shape index (κ3) is 4.96. The van der Waals surface area contributed by atoms with Crippen molar-refractivity contribution in [2.45, 2.75) is 19.4 Å². The molecule has 8 heteroatoms. The minimum absolute atomic E-state index is 0.207. The fourth-order valence-electron chi connectivity index (χ4n) is 3.17. The van der Waals surface area contributed by atoms with Crippen molar-refractivity contribution in [3.8, 4) is 0 Å². The lowest BCUT2D eigenvalue weighted by molar-refractivity contribution is -0.771. The van der Waals surface area contributed by atoms with Gasteiger partial charge in [0.1, 0.15) is 5.52 Å². The molecule has 0 amide bonds. The Kier molecular flexibility index (Phi) is 6.11. The zero-order valence-electron chi connectivity index (χ0n) is 16.1. The lowest BCUT2D eigenvalue weighted by atomic mass is 10.1. The SMILES string of the molecule is CN(/N=C/c1cccc2c[n+](CCCCS(=O)(=O)O)n(C)c12)c1ccccc1. The van der Waals surface area contributed by atoms with Gasteiger partial charge in [0.25, 0.3) is 10.1 Å². The molecule has 0 bridgehead atoms. The van der Waals surface area contributed by atoms with Crippen LogP contribution in [0.25, 0.3) is 10.9 Å². The van der Waals surface area contributed by atoms with Crippen LogP contribution < -0.4 is 9.69 Å². The van der Waals surface area contributed by atoms with E-state index in [4.69, 9.17) is 4.55 Å². The second kappa shape index (κ2) is 8.53. The molecule has 0 saturated carbocycles. The van der Waals surface area contributed by atoms with Crippen LogP contribution in [0.2, 0.25) is 0 Å². The topological polar surface area (TPSA) is 78.8 Å². The Bertz CT molecular complexity index is 1080. The van der Waals surface area contributed by atoms with Crippen molar-refractivity contribution in [3.63, 3.8) is 0 Å². The summed E-state index contributed by atoms with van der Waals surface area (Å²) in [5.41, 5.74) is 3.06. The first-order chi connectivity index (χ1) is 13.3. The van der Waals surface area contributed by atoms with Crippen molar-refractivity contribution in [2.75, 3.05) is 17.8 Å². The van der Waals surface area contributed by atoms with E-state index >= 15 is 0 Å². The van der Waals surface area contributed by atoms with Crippen LogP contribution in [0.4, 0.5) is 5.69 Å². The number of hydrogen-bond donors (Lipinski definition) is 1. The first kappa shape index (κ1) is 20.0. The van der Waals surface area contributed by atoms with Gasteiger partial charge < -0.3 is 0 Å². The third-order valence-electron chi connectivity index (χ3n) is 4.63. The van der Waals surface area contributed by atoms with Gasteiger partial charge in [-0.2, -0.15) is 18.2 Å². The summed E-state index contributed by atoms with van der Waals surface area (Å²) in [4.78, 5) is 0. The van der Waals surface area contributed by atoms with Gasteiger partial charge in [-0.3, -0.25) is 9.56 Å². The highest BCUT2D eigenvalue weighted by Gasteiger charge is 2.15. The smallest absolute Gasteiger partial charge is 0.264 e. The number of rotatable bonds is 8. The third-order valence-corrected chi connectivity index (χ3v) is 5.44. The van der Waals surface area contributed by atoms with Gasteiger partial charge in [0.15, 0.2) is 6.54 Å². The fraction of sp³-hybridized carbons (Fsp3) is 0.300. The zero-order chi connectivity index (χ0) is 20.1. The molecule has 3 rings (SSSR count). The molecule has 2 aromatic carbocycles. The highest BCUT2D eigenvalue weighted by Crippen LogP contribution is 2.17. The van der Waals surface area contributed by atoms with E-state index in [9.17, 15) is 8.42 Å². The number of hydrogen-bond acceptors (Lipinski definition) is 4. The number of nitrogens with zero attached hydrogens (tertiary/aromatic N) is 4. The maximum atomic E-state index is 10.8. The number of para-hydroxylation sites is 2. The predicted molar refractivity (Wildman–Crippen MR) is 111 cm³/mol. The van der Waals surface area contributed by atoms with E-state index in [1.807, 2.05) is 89.4 Å². The standard InChI is InChI=1S/C20H24N4O3S/c1-22(19-11-4-3-5-12-19)21-15-17-9-8-10-18-16-24(23(2)20(17)18)13-6-7-14-28(25,26)27/h3-5,8-12,15-16H,6-7,13-14H2,1-2H3/p+1/b21-15+. The minimum atomic E-state index is -3.90. The molecule has 0 aliphatic rings. The van der Waals surface area contributed by atoms with Gasteiger partial charge in [-0.05, 0) is 24.6 Å². The second-order valence-electron chi connectivity index (χ2n) is 6.70. The fourth-order valence-corrected chi connectivity index (χ4v) is 3.74. The van der Waals surface area contributed by atoms with Crippen LogP contribution in [-0.2, 0) is 23.7 Å². The number of anilines is 1. The molecule has 1 aromatic heterocycles. The molecule has 0 radical (unpaired) electrons. The van der Waals surface area contributed by atoms with E-state index in [0.717, 1.165) is 22.2 Å². The van der Waals surface area contributed by atoms with E-state index in [0.29, 0.717) is 19.4 Å². The Morgan fingerprint density at radius 1 is 1.14 bits per heavy atom. The first-order valence-corrected chi connectivity index (χ1v) is 10.7. The molecule has 0 fully saturated rings. The van der Waals surface area contributed by atoms with Crippen LogP contribution in [0.5, 0.6) is 0 Å². The van der Waals surface area contributed by atoms with Gasteiger partial charge in [-0.15, -0.1) is 4.68 Å². The Balaban J connectivity index is 1.78. The van der Waals surface area contributed by atoms with Crippen LogP contribution in [-0.4, -0.2) is 36.7 Å². The Morgan fingerprint density at radius 3 is 2.61 bits per heavy atom. The highest BCUT2D eigenvalue weighted by molar-refractivity contribution is 7.85. The van der Waals surface area contributed by atoms with Crippen LogP contribution >= 0.6 is 0 Å². The summed E-state index contributed by atoms with van der Waals surface area (Å²) in [6.45, 7) is 0.668. The van der Waals surface area contributed by atoms with Gasteiger partial charge in [0.05, 0.1) is 30.1 Å². The first-order valence-electron chi connectivity index (χ1n) is 9.11. The Morgan fingerprint density at radius 2 is 1.89 bits per heavy atom. The van der Waals surface area contributed by atoms with E-state index in [1.54, 1.807) is 0 Å². The second-order valence-corrected chi connectivity index (χ2v) is 8.27. The highest BCUT2D eigenvalue weighted by atomic mass is 32.2. The van der Waals surface area contributed by atoms with Crippen molar-refractivity contribution in [3.05, 3.63) is 60.3 Å². The molecular weight excluding hydrogens is 376 g/mol. The van der Waals surface area contributed by atoms with E-state index in [-0.39, 0.29) is 5.75 Å². The Hall–Kier alpha value is -2.71. The number of unbranched alkanes of at least 4 members (excludes halogenated alkanes) is 1. The summed E-state index contributed by atoms with van der Waals surface area (Å²) < 4.78 is 34.6. The van der Waals surface area contributed by atoms with Crippen molar-refractivity contribution in [1.82, 2.24) is 4.68 Å². The Labute approximate surface area is 165 Å². The number of benzene rings is 2. The van der Waals surface area contributed by atoms with Crippen LogP contribution in [0, 0.1) is 0 Å². The summed E-state index contributed by atoms with van der Waals surface area (Å²) in [5, 5.41) is 7.47. The molecule has 1 N–H and O–H groups in total. The molecule has 28 heavy (non-hydrogen) atoms. The molecule has 3 aromatic rings. The average molecular weight is 402 g/mol. The van der Waals surface area contributed by atoms with Gasteiger partial charge in [0.2, 0.25) is 6.20 Å². The van der Waals surface area contributed by atoms with Crippen LogP contribution in [0.15, 0.2) is 59.8 Å². The maximum Gasteiger partial charge on any atom is 0.264 e. The van der Waals surface area contributed by atoms with Crippen molar-refractivity contribution in [2.24, 2.45) is 12.1 Å². The molecular formula is C20H25N4O3S+. The van der Waals surface area contributed by atoms with Crippen LogP contribution in [0.3, 0.4) is 0 Å². The number of aromatic nitrogens is 2. The van der Waals surface area contributed by atoms with Crippen molar-refractivity contribution < 1.29 is 17.7 Å². The van der Waals surface area contributed by atoms with Crippen LogP contribution in [0.1, 0.15) is 18.4 Å². The lowest BCUT2D eigenvalue weighted by Crippen LogP contribution is -2.41. The molecule has 0 spiro atoms. The summed E-state index contributed by atoms with van der Waals surface area (Å²) in [6, 6.07) is 16.0. The van der Waals surface area contributed by atoms with Gasteiger partial charge >= 0.3 is 0 Å². The van der Waals surface area contributed by atoms with E-state index in [1.165, 1.54) is 0 Å². The number of aryl methyl sites for hydroxylation is 2. The average Bonchev–Trinajstić information content (AvgIpc) is 2.99. The molecule has 0 aliphatic carbocycles. The van der Waals surface area contributed by atoms with Gasteiger partial charge in [-0.25, -0.2) is 0 Å². The lowest BCUT2D eigenvalue weighted by Gasteiger charge is -2.12. The minimum Gasteiger partial charge on any atom is -0.286 e. The van der Waals surface area contributed by atoms with E-state index in [2.05, 4.69) is 5.10 Å². The molecule has 0 aliphatic heterocycles. The molecule has 0 unspecified atom stereocenters. The van der Waals surface area contributed by atoms with E-state index < -0.39 is 10.1 Å². The summed E-state index contributed by atoms with van der Waals surface area (Å²) in [6.07, 6.45) is 4.97. The van der Waals surface area contributed by atoms with Crippen molar-refractivity contribution in [1.29, 1.82) is 0 Å². The predicted octanol–water partition coefficient (Wildman–Crippen LogP) is 2.60. The van der Waals surface area contributed by atoms with Crippen molar-refractivity contribution >= 4 is 32.9 Å². The number of hydrazone groups is 1. The largest absolute Gasteiger partial charge is 0.286 e. The number of fused-ring (bicyclic) bond motifs is 1. The summed E-state index contributed by atoms with van der Waals surface area (Å²) >= 11 is 0. The quantitative estimate of drug-likeness (QED) is 0.207. The molecule has 148 valence electrons. The molecule has 7 nitrogen and oxygen atoms in total. The molecule has 1 heterocycles. The summed E-state index contributed by atoms with van der Waals surface area (Å²) in [5.74, 6) is -0.207. The monoisotopic (exact) mass is 401 g/mol. The molecule has 0 saturated heterocycles. The maximum absolute atomic E-state index is 10.8. The zero-order valence-corrected chi connectivity index (χ0v) is 16.9. The summed E-state index contributed by atoms with van der Waals surface area (Å²) in [7, 11) is -0.0119.